The summed E-state index contributed by atoms with van der Waals surface area (Å²) in [5.41, 5.74) is 0.834. The molecule has 12 heavy (non-hydrogen) atoms. The van der Waals surface area contributed by atoms with Crippen molar-refractivity contribution in [3.05, 3.63) is 0 Å². The van der Waals surface area contributed by atoms with Crippen molar-refractivity contribution in [2.24, 2.45) is 17.3 Å². The average Bonchev–Trinajstić information content (AvgIpc) is 2.01. The second-order valence-electron chi connectivity index (χ2n) is 5.02. The van der Waals surface area contributed by atoms with E-state index < -0.39 is 0 Å². The highest BCUT2D eigenvalue weighted by atomic mass is 32.2. The van der Waals surface area contributed by atoms with Gasteiger partial charge in [-0.05, 0) is 54.4 Å². The summed E-state index contributed by atoms with van der Waals surface area (Å²) in [5.74, 6) is 4.87. The van der Waals surface area contributed by atoms with Crippen molar-refractivity contribution in [1.82, 2.24) is 0 Å². The minimum Gasteiger partial charge on any atom is -0.162 e. The lowest BCUT2D eigenvalue weighted by Crippen LogP contribution is -2.42. The van der Waals surface area contributed by atoms with Crippen molar-refractivity contribution < 1.29 is 0 Å². The van der Waals surface area contributed by atoms with Crippen LogP contribution in [0.1, 0.15) is 39.5 Å². The van der Waals surface area contributed by atoms with Crippen molar-refractivity contribution in [2.75, 3.05) is 11.5 Å². The molecule has 1 saturated carbocycles. The lowest BCUT2D eigenvalue weighted by molar-refractivity contribution is 0.0178. The predicted molar refractivity (Wildman–Crippen MR) is 56.6 cm³/mol. The summed E-state index contributed by atoms with van der Waals surface area (Å²) in [7, 11) is 0. The van der Waals surface area contributed by atoms with Crippen LogP contribution in [0.25, 0.3) is 0 Å². The van der Waals surface area contributed by atoms with Gasteiger partial charge in [-0.3, -0.25) is 0 Å². The van der Waals surface area contributed by atoms with E-state index in [4.69, 9.17) is 0 Å². The monoisotopic (exact) mass is 184 g/mol. The van der Waals surface area contributed by atoms with Crippen molar-refractivity contribution in [3.8, 4) is 0 Å². The van der Waals surface area contributed by atoms with Gasteiger partial charge in [0.1, 0.15) is 0 Å². The van der Waals surface area contributed by atoms with Crippen molar-refractivity contribution in [3.63, 3.8) is 0 Å². The van der Waals surface area contributed by atoms with Crippen LogP contribution in [-0.4, -0.2) is 11.5 Å². The van der Waals surface area contributed by atoms with Gasteiger partial charge in [0, 0.05) is 0 Å². The topological polar surface area (TPSA) is 0 Å². The molecule has 0 aromatic rings. The van der Waals surface area contributed by atoms with Crippen LogP contribution in [0.5, 0.6) is 0 Å². The molecule has 1 aliphatic heterocycles. The summed E-state index contributed by atoms with van der Waals surface area (Å²) < 4.78 is 0. The molecule has 0 nitrogen and oxygen atoms in total. The Morgan fingerprint density at radius 3 is 2.25 bits per heavy atom. The van der Waals surface area contributed by atoms with Gasteiger partial charge in [0.25, 0.3) is 0 Å². The molecule has 2 aliphatic rings. The third kappa shape index (κ3) is 1.53. The average molecular weight is 184 g/mol. The van der Waals surface area contributed by atoms with Crippen LogP contribution >= 0.6 is 11.8 Å². The van der Waals surface area contributed by atoms with Gasteiger partial charge in [-0.1, -0.05) is 13.8 Å². The Bertz CT molecular complexity index is 148. The molecule has 0 radical (unpaired) electrons. The molecule has 0 aromatic carbocycles. The first-order valence-electron chi connectivity index (χ1n) is 5.30. The first kappa shape index (κ1) is 8.93. The quantitative estimate of drug-likeness (QED) is 0.600. The molecular formula is C11H20S. The Hall–Kier alpha value is 0.350. The Morgan fingerprint density at radius 2 is 1.75 bits per heavy atom. The molecule has 2 rings (SSSR count). The van der Waals surface area contributed by atoms with Gasteiger partial charge in [0.15, 0.2) is 0 Å². The molecule has 1 spiro atoms. The molecule has 1 heterocycles. The molecule has 0 unspecified atom stereocenters. The minimum atomic E-state index is 0.834. The number of rotatable bonds is 1. The summed E-state index contributed by atoms with van der Waals surface area (Å²) in [6.07, 6.45) is 6.12. The fraction of sp³-hybridized carbons (Fsp3) is 1.00. The first-order chi connectivity index (χ1) is 5.72. The Balaban J connectivity index is 1.84. The van der Waals surface area contributed by atoms with E-state index in [0.717, 1.165) is 17.3 Å². The van der Waals surface area contributed by atoms with E-state index in [1.54, 1.807) is 12.8 Å². The van der Waals surface area contributed by atoms with Gasteiger partial charge in [-0.25, -0.2) is 0 Å². The molecule has 2 fully saturated rings. The standard InChI is InChI=1S/C11H20S/c1-9(2)10-7-11(8-10)3-5-12-6-4-11/h9-10H,3-8H2,1-2H3. The van der Waals surface area contributed by atoms with Crippen LogP contribution in [0.15, 0.2) is 0 Å². The second kappa shape index (κ2) is 3.25. The fourth-order valence-electron chi connectivity index (χ4n) is 2.74. The Labute approximate surface area is 80.5 Å². The Morgan fingerprint density at radius 1 is 1.17 bits per heavy atom. The minimum absolute atomic E-state index is 0.834. The summed E-state index contributed by atoms with van der Waals surface area (Å²) in [4.78, 5) is 0. The molecule has 0 atom stereocenters. The van der Waals surface area contributed by atoms with E-state index in [9.17, 15) is 0 Å². The van der Waals surface area contributed by atoms with Crippen LogP contribution in [0.3, 0.4) is 0 Å². The summed E-state index contributed by atoms with van der Waals surface area (Å²) in [6.45, 7) is 4.77. The molecule has 1 saturated heterocycles. The zero-order valence-electron chi connectivity index (χ0n) is 8.31. The molecule has 0 N–H and O–H groups in total. The molecular weight excluding hydrogens is 164 g/mol. The lowest BCUT2D eigenvalue weighted by Gasteiger charge is -2.52. The van der Waals surface area contributed by atoms with Crippen molar-refractivity contribution in [1.29, 1.82) is 0 Å². The fourth-order valence-corrected chi connectivity index (χ4v) is 4.10. The third-order valence-electron chi connectivity index (χ3n) is 3.89. The van der Waals surface area contributed by atoms with Gasteiger partial charge in [0.2, 0.25) is 0 Å². The zero-order valence-corrected chi connectivity index (χ0v) is 9.12. The van der Waals surface area contributed by atoms with E-state index in [2.05, 4.69) is 25.6 Å². The summed E-state index contributed by atoms with van der Waals surface area (Å²) in [5, 5.41) is 0. The number of hydrogen-bond donors (Lipinski definition) is 0. The van der Waals surface area contributed by atoms with Crippen LogP contribution in [0.4, 0.5) is 0 Å². The highest BCUT2D eigenvalue weighted by Crippen LogP contribution is 2.55. The number of thioether (sulfide) groups is 1. The normalized spacial score (nSPS) is 29.2. The van der Waals surface area contributed by atoms with E-state index >= 15 is 0 Å². The first-order valence-corrected chi connectivity index (χ1v) is 6.45. The van der Waals surface area contributed by atoms with Crippen LogP contribution in [0, 0.1) is 17.3 Å². The molecule has 70 valence electrons. The highest BCUT2D eigenvalue weighted by molar-refractivity contribution is 7.99. The smallest absolute Gasteiger partial charge is 0.00622 e. The second-order valence-corrected chi connectivity index (χ2v) is 6.25. The molecule has 0 amide bonds. The maximum absolute atomic E-state index is 2.38. The van der Waals surface area contributed by atoms with E-state index in [0.29, 0.717) is 0 Å². The maximum atomic E-state index is 2.38. The molecule has 1 heteroatoms. The third-order valence-corrected chi connectivity index (χ3v) is 4.87. The molecule has 1 aliphatic carbocycles. The summed E-state index contributed by atoms with van der Waals surface area (Å²) in [6, 6.07) is 0. The largest absolute Gasteiger partial charge is 0.162 e. The van der Waals surface area contributed by atoms with Crippen LogP contribution < -0.4 is 0 Å². The van der Waals surface area contributed by atoms with E-state index in [1.165, 1.54) is 24.3 Å². The maximum Gasteiger partial charge on any atom is -0.00622 e. The van der Waals surface area contributed by atoms with Gasteiger partial charge < -0.3 is 0 Å². The van der Waals surface area contributed by atoms with Gasteiger partial charge in [-0.2, -0.15) is 11.8 Å². The van der Waals surface area contributed by atoms with Crippen molar-refractivity contribution >= 4 is 11.8 Å². The SMILES string of the molecule is CC(C)C1CC2(CCSCC2)C1. The van der Waals surface area contributed by atoms with Gasteiger partial charge in [-0.15, -0.1) is 0 Å². The van der Waals surface area contributed by atoms with Crippen LogP contribution in [-0.2, 0) is 0 Å². The predicted octanol–water partition coefficient (Wildman–Crippen LogP) is 3.57. The highest BCUT2D eigenvalue weighted by Gasteiger charge is 2.45. The lowest BCUT2D eigenvalue weighted by atomic mass is 9.56. The van der Waals surface area contributed by atoms with Crippen LogP contribution in [0.2, 0.25) is 0 Å². The molecule has 0 aromatic heterocycles. The van der Waals surface area contributed by atoms with Gasteiger partial charge in [0.05, 0.1) is 0 Å². The zero-order chi connectivity index (χ0) is 8.60. The number of hydrogen-bond acceptors (Lipinski definition) is 1. The van der Waals surface area contributed by atoms with E-state index in [1.807, 2.05) is 0 Å². The van der Waals surface area contributed by atoms with Gasteiger partial charge >= 0.3 is 0 Å². The Kier molecular flexibility index (Phi) is 2.42. The molecule has 0 bridgehead atoms. The summed E-state index contributed by atoms with van der Waals surface area (Å²) >= 11 is 2.16. The van der Waals surface area contributed by atoms with Crippen molar-refractivity contribution in [2.45, 2.75) is 39.5 Å². The van der Waals surface area contributed by atoms with E-state index in [-0.39, 0.29) is 0 Å².